The number of aromatic nitrogens is 1. The standard InChI is InChI=1S/C18H25NO2Si/c1-14(2)16-8-6-7-15-9-10-19(18(20)17(15)16)13-21-11-12-22(3,4)5/h6-10H,1,11-13H2,2-5H3. The van der Waals surface area contributed by atoms with Crippen molar-refractivity contribution in [2.45, 2.75) is 39.3 Å². The molecule has 1 aromatic heterocycles. The van der Waals surface area contributed by atoms with Gasteiger partial charge in [-0.2, -0.15) is 0 Å². The molecule has 0 aliphatic carbocycles. The van der Waals surface area contributed by atoms with E-state index in [9.17, 15) is 4.79 Å². The third-order valence-corrected chi connectivity index (χ3v) is 5.40. The number of nitrogens with zero attached hydrogens (tertiary/aromatic N) is 1. The molecule has 0 radical (unpaired) electrons. The molecule has 118 valence electrons. The number of allylic oxidation sites excluding steroid dienone is 1. The summed E-state index contributed by atoms with van der Waals surface area (Å²) in [4.78, 5) is 12.7. The smallest absolute Gasteiger partial charge is 0.260 e. The van der Waals surface area contributed by atoms with Gasteiger partial charge in [0.2, 0.25) is 0 Å². The molecule has 0 aliphatic rings. The van der Waals surface area contributed by atoms with Crippen LogP contribution in [-0.4, -0.2) is 19.2 Å². The minimum Gasteiger partial charge on any atom is -0.361 e. The molecular weight excluding hydrogens is 290 g/mol. The number of ether oxygens (including phenoxy) is 1. The number of hydrogen-bond donors (Lipinski definition) is 0. The first kappa shape index (κ1) is 16.7. The highest BCUT2D eigenvalue weighted by Crippen LogP contribution is 2.20. The Hall–Kier alpha value is -1.65. The highest BCUT2D eigenvalue weighted by atomic mass is 28.3. The van der Waals surface area contributed by atoms with E-state index in [0.717, 1.165) is 28.0 Å². The van der Waals surface area contributed by atoms with Crippen molar-refractivity contribution in [1.29, 1.82) is 0 Å². The fourth-order valence-corrected chi connectivity index (χ4v) is 3.08. The summed E-state index contributed by atoms with van der Waals surface area (Å²) < 4.78 is 7.34. The summed E-state index contributed by atoms with van der Waals surface area (Å²) in [6, 6.07) is 8.93. The molecule has 2 aromatic rings. The average Bonchev–Trinajstić information content (AvgIpc) is 2.44. The lowest BCUT2D eigenvalue weighted by atomic mass is 10.0. The summed E-state index contributed by atoms with van der Waals surface area (Å²) >= 11 is 0. The van der Waals surface area contributed by atoms with Crippen LogP contribution in [0.25, 0.3) is 16.3 Å². The highest BCUT2D eigenvalue weighted by Gasteiger charge is 2.12. The van der Waals surface area contributed by atoms with Crippen molar-refractivity contribution in [3.05, 3.63) is 53.0 Å². The van der Waals surface area contributed by atoms with Crippen molar-refractivity contribution < 1.29 is 4.74 Å². The van der Waals surface area contributed by atoms with Crippen molar-refractivity contribution in [1.82, 2.24) is 4.57 Å². The second kappa shape index (κ2) is 6.63. The largest absolute Gasteiger partial charge is 0.361 e. The van der Waals surface area contributed by atoms with Crippen molar-refractivity contribution in [3.63, 3.8) is 0 Å². The normalized spacial score (nSPS) is 11.8. The molecule has 1 aromatic carbocycles. The molecule has 0 fully saturated rings. The summed E-state index contributed by atoms with van der Waals surface area (Å²) in [5, 5.41) is 1.68. The van der Waals surface area contributed by atoms with E-state index in [0.29, 0.717) is 13.3 Å². The molecule has 0 amide bonds. The maximum atomic E-state index is 12.7. The summed E-state index contributed by atoms with van der Waals surface area (Å²) in [6.07, 6.45) is 1.81. The van der Waals surface area contributed by atoms with Gasteiger partial charge >= 0.3 is 0 Å². The van der Waals surface area contributed by atoms with Gasteiger partial charge < -0.3 is 4.74 Å². The van der Waals surface area contributed by atoms with Crippen molar-refractivity contribution >= 4 is 24.4 Å². The van der Waals surface area contributed by atoms with Gasteiger partial charge in [-0.15, -0.1) is 0 Å². The Balaban J connectivity index is 2.25. The van der Waals surface area contributed by atoms with E-state index in [4.69, 9.17) is 4.74 Å². The van der Waals surface area contributed by atoms with Crippen LogP contribution in [0, 0.1) is 0 Å². The Bertz CT molecular complexity index is 741. The number of rotatable bonds is 6. The summed E-state index contributed by atoms with van der Waals surface area (Å²) in [7, 11) is -1.10. The first-order chi connectivity index (χ1) is 10.3. The van der Waals surface area contributed by atoms with E-state index in [1.807, 2.05) is 31.2 Å². The Kier molecular flexibility index (Phi) is 5.03. The second-order valence-corrected chi connectivity index (χ2v) is 12.6. The Morgan fingerprint density at radius 3 is 2.64 bits per heavy atom. The Morgan fingerprint density at radius 1 is 1.27 bits per heavy atom. The van der Waals surface area contributed by atoms with Crippen LogP contribution in [0.1, 0.15) is 12.5 Å². The van der Waals surface area contributed by atoms with Gasteiger partial charge in [0.05, 0.1) is 5.39 Å². The third-order valence-electron chi connectivity index (χ3n) is 3.69. The van der Waals surface area contributed by atoms with Gasteiger partial charge in [-0.25, -0.2) is 0 Å². The molecule has 3 nitrogen and oxygen atoms in total. The van der Waals surface area contributed by atoms with Crippen molar-refractivity contribution in [3.8, 4) is 0 Å². The summed E-state index contributed by atoms with van der Waals surface area (Å²) in [5.41, 5.74) is 1.81. The van der Waals surface area contributed by atoms with Gasteiger partial charge in [-0.1, -0.05) is 50.0 Å². The maximum Gasteiger partial charge on any atom is 0.260 e. The monoisotopic (exact) mass is 315 g/mol. The highest BCUT2D eigenvalue weighted by molar-refractivity contribution is 6.76. The predicted octanol–water partition coefficient (Wildman–Crippen LogP) is 4.35. The van der Waals surface area contributed by atoms with Crippen LogP contribution in [0.4, 0.5) is 0 Å². The fourth-order valence-electron chi connectivity index (χ4n) is 2.33. The molecule has 0 aliphatic heterocycles. The van der Waals surface area contributed by atoms with Crippen LogP contribution in [0.15, 0.2) is 41.8 Å². The van der Waals surface area contributed by atoms with E-state index in [1.54, 1.807) is 10.8 Å². The van der Waals surface area contributed by atoms with Gasteiger partial charge in [0.25, 0.3) is 5.56 Å². The molecule has 22 heavy (non-hydrogen) atoms. The lowest BCUT2D eigenvalue weighted by Crippen LogP contribution is -2.25. The van der Waals surface area contributed by atoms with Crippen LogP contribution < -0.4 is 5.56 Å². The van der Waals surface area contributed by atoms with E-state index in [-0.39, 0.29) is 5.56 Å². The molecule has 0 saturated carbocycles. The van der Waals surface area contributed by atoms with Gasteiger partial charge in [0, 0.05) is 20.9 Å². The Morgan fingerprint density at radius 2 is 2.00 bits per heavy atom. The third kappa shape index (κ3) is 3.96. The van der Waals surface area contributed by atoms with Crippen LogP contribution in [0.2, 0.25) is 25.7 Å². The fraction of sp³-hybridized carbons (Fsp3) is 0.389. The molecule has 4 heteroatoms. The molecular formula is C18H25NO2Si. The van der Waals surface area contributed by atoms with Crippen molar-refractivity contribution in [2.75, 3.05) is 6.61 Å². The van der Waals surface area contributed by atoms with E-state index < -0.39 is 8.07 Å². The minimum atomic E-state index is -1.10. The zero-order valence-electron chi connectivity index (χ0n) is 14.0. The van der Waals surface area contributed by atoms with E-state index in [1.165, 1.54) is 0 Å². The molecule has 0 saturated heterocycles. The predicted molar refractivity (Wildman–Crippen MR) is 97.0 cm³/mol. The lowest BCUT2D eigenvalue weighted by molar-refractivity contribution is 0.0851. The summed E-state index contributed by atoms with van der Waals surface area (Å²) in [6.45, 7) is 13.9. The molecule has 0 bridgehead atoms. The van der Waals surface area contributed by atoms with Gasteiger partial charge in [0.1, 0.15) is 6.73 Å². The topological polar surface area (TPSA) is 31.2 Å². The summed E-state index contributed by atoms with van der Waals surface area (Å²) in [5.74, 6) is 0. The molecule has 2 rings (SSSR count). The molecule has 1 heterocycles. The molecule has 0 atom stereocenters. The van der Waals surface area contributed by atoms with Gasteiger partial charge in [-0.05, 0) is 30.0 Å². The zero-order chi connectivity index (χ0) is 16.3. The lowest BCUT2D eigenvalue weighted by Gasteiger charge is -2.16. The van der Waals surface area contributed by atoms with Crippen LogP contribution in [-0.2, 0) is 11.5 Å². The maximum absolute atomic E-state index is 12.7. The quantitative estimate of drug-likeness (QED) is 0.586. The van der Waals surface area contributed by atoms with Crippen LogP contribution >= 0.6 is 0 Å². The van der Waals surface area contributed by atoms with E-state index >= 15 is 0 Å². The Labute approximate surface area is 133 Å². The minimum absolute atomic E-state index is 0.0101. The first-order valence-electron chi connectivity index (χ1n) is 7.65. The van der Waals surface area contributed by atoms with Crippen molar-refractivity contribution in [2.24, 2.45) is 0 Å². The number of hydrogen-bond acceptors (Lipinski definition) is 2. The average molecular weight is 315 g/mol. The van der Waals surface area contributed by atoms with Gasteiger partial charge in [0.15, 0.2) is 0 Å². The van der Waals surface area contributed by atoms with E-state index in [2.05, 4.69) is 26.2 Å². The molecule has 0 unspecified atom stereocenters. The number of benzene rings is 1. The van der Waals surface area contributed by atoms with Crippen LogP contribution in [0.3, 0.4) is 0 Å². The molecule has 0 N–H and O–H groups in total. The zero-order valence-corrected chi connectivity index (χ0v) is 15.0. The van der Waals surface area contributed by atoms with Crippen LogP contribution in [0.5, 0.6) is 0 Å². The SMILES string of the molecule is C=C(C)c1cccc2ccn(COCC[Si](C)(C)C)c(=O)c12. The molecule has 0 spiro atoms. The van der Waals surface area contributed by atoms with Gasteiger partial charge in [-0.3, -0.25) is 9.36 Å². The number of pyridine rings is 1. The number of fused-ring (bicyclic) bond motifs is 1. The second-order valence-electron chi connectivity index (χ2n) is 6.99. The first-order valence-corrected chi connectivity index (χ1v) is 11.4.